The number of sulfonamides is 1. The molecule has 1 atom stereocenters. The number of benzene rings is 2. The van der Waals surface area contributed by atoms with Crippen LogP contribution in [0.1, 0.15) is 41.8 Å². The van der Waals surface area contributed by atoms with Gasteiger partial charge in [0.1, 0.15) is 0 Å². The van der Waals surface area contributed by atoms with Gasteiger partial charge in [0.25, 0.3) is 15.9 Å². The molecule has 0 unspecified atom stereocenters. The molecule has 1 fully saturated rings. The van der Waals surface area contributed by atoms with Crippen LogP contribution in [0.15, 0.2) is 41.3 Å². The quantitative estimate of drug-likeness (QED) is 0.611. The molecule has 1 aliphatic heterocycles. The molecule has 31 heavy (non-hydrogen) atoms. The van der Waals surface area contributed by atoms with E-state index in [-0.39, 0.29) is 16.8 Å². The van der Waals surface area contributed by atoms with E-state index in [4.69, 9.17) is 0 Å². The number of nitrogens with one attached hydrogen (secondary N) is 3. The molecule has 2 aromatic carbocycles. The van der Waals surface area contributed by atoms with E-state index in [0.717, 1.165) is 43.9 Å². The maximum Gasteiger partial charge on any atom is 0.262 e. The average Bonchev–Trinajstić information content (AvgIpc) is 2.73. The summed E-state index contributed by atoms with van der Waals surface area (Å²) in [4.78, 5) is 15.0. The molecule has 0 spiro atoms. The second kappa shape index (κ2) is 9.70. The summed E-state index contributed by atoms with van der Waals surface area (Å²) in [6.45, 7) is 10.8. The number of carbonyl (C=O) groups is 1. The lowest BCUT2D eigenvalue weighted by Gasteiger charge is -2.31. The standard InChI is InChI=1S/C23H32N4O3S/c1-5-18(4)25-23(28)19-7-8-21(27-12-10-24-11-13-27)20(15-19)26-31(29,30)22-9-6-16(2)14-17(22)3/h6-9,14-15,18,24,26H,5,10-13H2,1-4H3,(H,25,28)/t18-/m1/s1. The summed E-state index contributed by atoms with van der Waals surface area (Å²) in [7, 11) is -3.82. The van der Waals surface area contributed by atoms with Gasteiger partial charge in [-0.1, -0.05) is 24.6 Å². The molecule has 0 aromatic heterocycles. The van der Waals surface area contributed by atoms with Crippen LogP contribution in [0.2, 0.25) is 0 Å². The highest BCUT2D eigenvalue weighted by Gasteiger charge is 2.22. The van der Waals surface area contributed by atoms with Gasteiger partial charge < -0.3 is 15.5 Å². The fourth-order valence-electron chi connectivity index (χ4n) is 3.65. The smallest absolute Gasteiger partial charge is 0.262 e. The van der Waals surface area contributed by atoms with Gasteiger partial charge in [-0.15, -0.1) is 0 Å². The van der Waals surface area contributed by atoms with E-state index in [2.05, 4.69) is 20.3 Å². The van der Waals surface area contributed by atoms with Crippen molar-refractivity contribution in [2.24, 2.45) is 0 Å². The summed E-state index contributed by atoms with van der Waals surface area (Å²) in [6, 6.07) is 10.5. The Morgan fingerprint density at radius 3 is 2.48 bits per heavy atom. The van der Waals surface area contributed by atoms with Crippen LogP contribution in [-0.2, 0) is 10.0 Å². The second-order valence-corrected chi connectivity index (χ2v) is 9.78. The number of hydrogen-bond acceptors (Lipinski definition) is 5. The zero-order valence-electron chi connectivity index (χ0n) is 18.7. The third-order valence-electron chi connectivity index (χ3n) is 5.57. The molecule has 1 amide bonds. The minimum absolute atomic E-state index is 0.0377. The van der Waals surface area contributed by atoms with Gasteiger partial charge in [-0.3, -0.25) is 9.52 Å². The number of piperazine rings is 1. The predicted molar refractivity (Wildman–Crippen MR) is 125 cm³/mol. The Bertz CT molecular complexity index is 1050. The fourth-order valence-corrected chi connectivity index (χ4v) is 4.94. The number of amides is 1. The van der Waals surface area contributed by atoms with Crippen molar-refractivity contribution in [2.75, 3.05) is 35.8 Å². The molecule has 3 N–H and O–H groups in total. The van der Waals surface area contributed by atoms with Crippen molar-refractivity contribution in [1.29, 1.82) is 0 Å². The fraction of sp³-hybridized carbons (Fsp3) is 0.435. The van der Waals surface area contributed by atoms with Crippen LogP contribution in [0.25, 0.3) is 0 Å². The van der Waals surface area contributed by atoms with Crippen LogP contribution in [0.3, 0.4) is 0 Å². The highest BCUT2D eigenvalue weighted by molar-refractivity contribution is 7.92. The summed E-state index contributed by atoms with van der Waals surface area (Å²) in [6.07, 6.45) is 0.816. The molecule has 168 valence electrons. The molecule has 1 saturated heterocycles. The molecule has 1 aliphatic rings. The van der Waals surface area contributed by atoms with Crippen LogP contribution in [0, 0.1) is 13.8 Å². The van der Waals surface area contributed by atoms with E-state index in [9.17, 15) is 13.2 Å². The van der Waals surface area contributed by atoms with Crippen molar-refractivity contribution in [1.82, 2.24) is 10.6 Å². The highest BCUT2D eigenvalue weighted by atomic mass is 32.2. The molecule has 1 heterocycles. The number of carbonyl (C=O) groups excluding carboxylic acids is 1. The number of hydrogen-bond donors (Lipinski definition) is 3. The van der Waals surface area contributed by atoms with E-state index in [1.54, 1.807) is 31.2 Å². The number of nitrogens with zero attached hydrogens (tertiary/aromatic N) is 1. The summed E-state index contributed by atoms with van der Waals surface area (Å²) >= 11 is 0. The molecule has 0 radical (unpaired) electrons. The Kier molecular flexibility index (Phi) is 7.23. The van der Waals surface area contributed by atoms with Crippen LogP contribution >= 0.6 is 0 Å². The maximum absolute atomic E-state index is 13.2. The maximum atomic E-state index is 13.2. The van der Waals surface area contributed by atoms with Crippen molar-refractivity contribution in [3.63, 3.8) is 0 Å². The van der Waals surface area contributed by atoms with Gasteiger partial charge in [0.15, 0.2) is 0 Å². The van der Waals surface area contributed by atoms with Crippen LogP contribution in [0.4, 0.5) is 11.4 Å². The van der Waals surface area contributed by atoms with Crippen LogP contribution in [-0.4, -0.2) is 46.5 Å². The lowest BCUT2D eigenvalue weighted by Crippen LogP contribution is -2.43. The Hall–Kier alpha value is -2.58. The van der Waals surface area contributed by atoms with Gasteiger partial charge in [0, 0.05) is 37.8 Å². The van der Waals surface area contributed by atoms with E-state index in [1.165, 1.54) is 0 Å². The van der Waals surface area contributed by atoms with Crippen molar-refractivity contribution >= 4 is 27.3 Å². The van der Waals surface area contributed by atoms with Gasteiger partial charge in [-0.2, -0.15) is 0 Å². The largest absolute Gasteiger partial charge is 0.367 e. The zero-order valence-corrected chi connectivity index (χ0v) is 19.5. The SMILES string of the molecule is CC[C@@H](C)NC(=O)c1ccc(N2CCNCC2)c(NS(=O)(=O)c2ccc(C)cc2C)c1. The minimum atomic E-state index is -3.82. The molecule has 7 nitrogen and oxygen atoms in total. The summed E-state index contributed by atoms with van der Waals surface area (Å²) in [5.41, 5.74) is 3.30. The van der Waals surface area contributed by atoms with Crippen molar-refractivity contribution in [3.05, 3.63) is 53.1 Å². The molecule has 3 rings (SSSR count). The topological polar surface area (TPSA) is 90.5 Å². The first-order valence-electron chi connectivity index (χ1n) is 10.7. The first-order valence-corrected chi connectivity index (χ1v) is 12.2. The van der Waals surface area contributed by atoms with Gasteiger partial charge in [-0.25, -0.2) is 8.42 Å². The first-order chi connectivity index (χ1) is 14.7. The number of aryl methyl sites for hydroxylation is 2. The Labute approximate surface area is 185 Å². The minimum Gasteiger partial charge on any atom is -0.367 e. The monoisotopic (exact) mass is 444 g/mol. The molecule has 2 aromatic rings. The zero-order chi connectivity index (χ0) is 22.6. The van der Waals surface area contributed by atoms with Crippen molar-refractivity contribution < 1.29 is 13.2 Å². The van der Waals surface area contributed by atoms with Crippen LogP contribution < -0.4 is 20.3 Å². The summed E-state index contributed by atoms with van der Waals surface area (Å²) in [5.74, 6) is -0.215. The Morgan fingerprint density at radius 2 is 1.84 bits per heavy atom. The molecule has 0 aliphatic carbocycles. The third kappa shape index (κ3) is 5.57. The molecule has 8 heteroatoms. The average molecular weight is 445 g/mol. The Balaban J connectivity index is 1.99. The summed E-state index contributed by atoms with van der Waals surface area (Å²) < 4.78 is 29.2. The molecular formula is C23H32N4O3S. The van der Waals surface area contributed by atoms with Crippen LogP contribution in [0.5, 0.6) is 0 Å². The lowest BCUT2D eigenvalue weighted by atomic mass is 10.1. The first kappa shape index (κ1) is 23.1. The van der Waals surface area contributed by atoms with Gasteiger partial charge in [0.05, 0.1) is 16.3 Å². The second-order valence-electron chi connectivity index (χ2n) is 8.13. The molecule has 0 bridgehead atoms. The van der Waals surface area contributed by atoms with Crippen molar-refractivity contribution in [2.45, 2.75) is 45.1 Å². The van der Waals surface area contributed by atoms with E-state index in [1.807, 2.05) is 32.9 Å². The number of anilines is 2. The predicted octanol–water partition coefficient (Wildman–Crippen LogP) is 3.04. The third-order valence-corrected chi connectivity index (χ3v) is 7.10. The Morgan fingerprint density at radius 1 is 1.13 bits per heavy atom. The highest BCUT2D eigenvalue weighted by Crippen LogP contribution is 2.31. The van der Waals surface area contributed by atoms with E-state index in [0.29, 0.717) is 16.8 Å². The lowest BCUT2D eigenvalue weighted by molar-refractivity contribution is 0.0939. The van der Waals surface area contributed by atoms with Gasteiger partial charge in [0.2, 0.25) is 0 Å². The van der Waals surface area contributed by atoms with E-state index < -0.39 is 10.0 Å². The molecular weight excluding hydrogens is 412 g/mol. The number of rotatable bonds is 7. The van der Waals surface area contributed by atoms with Gasteiger partial charge >= 0.3 is 0 Å². The van der Waals surface area contributed by atoms with Gasteiger partial charge in [-0.05, 0) is 57.0 Å². The van der Waals surface area contributed by atoms with Crippen molar-refractivity contribution in [3.8, 4) is 0 Å². The summed E-state index contributed by atoms with van der Waals surface area (Å²) in [5, 5.41) is 6.25. The normalized spacial score (nSPS) is 15.4. The molecule has 0 saturated carbocycles. The van der Waals surface area contributed by atoms with E-state index >= 15 is 0 Å².